The molecule has 29 heavy (non-hydrogen) atoms. The van der Waals surface area contributed by atoms with Crippen molar-refractivity contribution in [2.24, 2.45) is 0 Å². The van der Waals surface area contributed by atoms with Gasteiger partial charge in [0.25, 0.3) is 0 Å². The van der Waals surface area contributed by atoms with E-state index in [2.05, 4.69) is 5.32 Å². The van der Waals surface area contributed by atoms with E-state index in [-0.39, 0.29) is 28.1 Å². The fourth-order valence-corrected chi connectivity index (χ4v) is 4.28. The summed E-state index contributed by atoms with van der Waals surface area (Å²) in [5.41, 5.74) is -0.109. The highest BCUT2D eigenvalue weighted by atomic mass is 32.2. The van der Waals surface area contributed by atoms with Crippen molar-refractivity contribution in [1.29, 1.82) is 0 Å². The Kier molecular flexibility index (Phi) is 5.60. The molecule has 0 saturated heterocycles. The maximum absolute atomic E-state index is 12.7. The van der Waals surface area contributed by atoms with Gasteiger partial charge in [-0.2, -0.15) is 0 Å². The number of ether oxygens (including phenoxy) is 1. The van der Waals surface area contributed by atoms with E-state index in [1.165, 1.54) is 16.4 Å². The highest BCUT2D eigenvalue weighted by Gasteiger charge is 2.26. The van der Waals surface area contributed by atoms with E-state index in [1.54, 1.807) is 38.1 Å². The highest BCUT2D eigenvalue weighted by Crippen LogP contribution is 2.38. The lowest BCUT2D eigenvalue weighted by Gasteiger charge is -2.28. The largest absolute Gasteiger partial charge is 0.462 e. The number of para-hydroxylation sites is 1. The SMILES string of the molecule is CC(C)N(c1cc2occ(NC=O)c(=O)c2cc1Oc1ccccc1)S(C)(=O)=O. The fourth-order valence-electron chi connectivity index (χ4n) is 3.02. The van der Waals surface area contributed by atoms with Crippen LogP contribution in [0.5, 0.6) is 11.5 Å². The summed E-state index contributed by atoms with van der Waals surface area (Å²) in [7, 11) is -3.65. The van der Waals surface area contributed by atoms with E-state index in [0.29, 0.717) is 12.2 Å². The first kappa shape index (κ1) is 20.4. The van der Waals surface area contributed by atoms with Crippen LogP contribution in [0.25, 0.3) is 11.0 Å². The molecule has 152 valence electrons. The molecule has 1 heterocycles. The summed E-state index contributed by atoms with van der Waals surface area (Å²) in [5, 5.41) is 2.43. The molecule has 1 N–H and O–H groups in total. The summed E-state index contributed by atoms with van der Waals surface area (Å²) in [6.07, 6.45) is 2.58. The van der Waals surface area contributed by atoms with E-state index < -0.39 is 21.5 Å². The van der Waals surface area contributed by atoms with Crippen molar-refractivity contribution >= 4 is 38.8 Å². The van der Waals surface area contributed by atoms with Gasteiger partial charge in [-0.1, -0.05) is 18.2 Å². The normalized spacial score (nSPS) is 11.4. The van der Waals surface area contributed by atoms with Crippen LogP contribution in [0.3, 0.4) is 0 Å². The summed E-state index contributed by atoms with van der Waals surface area (Å²) in [6.45, 7) is 3.45. The number of carbonyl (C=O) groups excluding carboxylic acids is 1. The van der Waals surface area contributed by atoms with Crippen molar-refractivity contribution in [3.63, 3.8) is 0 Å². The smallest absolute Gasteiger partial charge is 0.232 e. The number of carbonyl (C=O) groups is 1. The Morgan fingerprint density at radius 2 is 1.86 bits per heavy atom. The molecule has 3 aromatic rings. The molecule has 0 atom stereocenters. The number of benzene rings is 2. The predicted molar refractivity (Wildman–Crippen MR) is 111 cm³/mol. The summed E-state index contributed by atoms with van der Waals surface area (Å²) in [6, 6.07) is 11.2. The average Bonchev–Trinajstić information content (AvgIpc) is 2.64. The maximum atomic E-state index is 12.7. The van der Waals surface area contributed by atoms with Crippen molar-refractivity contribution in [2.45, 2.75) is 19.9 Å². The number of nitrogens with one attached hydrogen (secondary N) is 1. The topological polar surface area (TPSA) is 106 Å². The second-order valence-corrected chi connectivity index (χ2v) is 8.48. The number of hydrogen-bond acceptors (Lipinski definition) is 6. The van der Waals surface area contributed by atoms with Crippen LogP contribution in [-0.2, 0) is 14.8 Å². The number of amides is 1. The molecule has 3 rings (SSSR count). The number of hydrogen-bond donors (Lipinski definition) is 1. The minimum absolute atomic E-state index is 0.0326. The molecule has 9 heteroatoms. The van der Waals surface area contributed by atoms with Crippen molar-refractivity contribution in [3.8, 4) is 11.5 Å². The van der Waals surface area contributed by atoms with Crippen molar-refractivity contribution < 1.29 is 22.4 Å². The number of sulfonamides is 1. The Balaban J connectivity index is 2.30. The first-order valence-corrected chi connectivity index (χ1v) is 10.6. The van der Waals surface area contributed by atoms with Crippen LogP contribution in [0, 0.1) is 0 Å². The maximum Gasteiger partial charge on any atom is 0.232 e. The Morgan fingerprint density at radius 1 is 1.17 bits per heavy atom. The number of nitrogens with zero attached hydrogens (tertiary/aromatic N) is 1. The number of anilines is 2. The minimum atomic E-state index is -3.65. The van der Waals surface area contributed by atoms with Crippen molar-refractivity contribution in [2.75, 3.05) is 15.9 Å². The standard InChI is InChI=1S/C20H20N2O6S/c1-13(2)22(29(3,25)26)17-10-18-15(20(24)16(11-27-18)21-12-23)9-19(17)28-14-7-5-4-6-8-14/h4-13H,1-3H3,(H,21,23). The summed E-state index contributed by atoms with van der Waals surface area (Å²) in [5.74, 6) is 0.634. The van der Waals surface area contributed by atoms with Gasteiger partial charge in [-0.15, -0.1) is 0 Å². The first-order valence-electron chi connectivity index (χ1n) is 8.74. The van der Waals surface area contributed by atoms with Crippen LogP contribution < -0.4 is 19.8 Å². The van der Waals surface area contributed by atoms with Gasteiger partial charge in [-0.25, -0.2) is 8.42 Å². The molecule has 0 radical (unpaired) electrons. The van der Waals surface area contributed by atoms with Gasteiger partial charge in [0.15, 0.2) is 5.75 Å². The Bertz CT molecular complexity index is 1200. The molecule has 2 aromatic carbocycles. The van der Waals surface area contributed by atoms with Gasteiger partial charge >= 0.3 is 0 Å². The molecule has 0 aliphatic carbocycles. The summed E-state index contributed by atoms with van der Waals surface area (Å²) < 4.78 is 37.5. The van der Waals surface area contributed by atoms with Crippen molar-refractivity contribution in [3.05, 3.63) is 59.0 Å². The summed E-state index contributed by atoms with van der Waals surface area (Å²) >= 11 is 0. The molecule has 1 aromatic heterocycles. The second-order valence-electron chi connectivity index (χ2n) is 6.62. The molecule has 0 aliphatic rings. The van der Waals surface area contributed by atoms with Crippen molar-refractivity contribution in [1.82, 2.24) is 0 Å². The van der Waals surface area contributed by atoms with Crippen LogP contribution in [0.15, 0.2) is 57.9 Å². The zero-order valence-corrected chi connectivity index (χ0v) is 16.9. The van der Waals surface area contributed by atoms with E-state index in [0.717, 1.165) is 12.5 Å². The molecular formula is C20H20N2O6S. The van der Waals surface area contributed by atoms with Crippen LogP contribution in [-0.4, -0.2) is 27.1 Å². The first-order chi connectivity index (χ1) is 13.7. The van der Waals surface area contributed by atoms with E-state index >= 15 is 0 Å². The predicted octanol–water partition coefficient (Wildman–Crippen LogP) is 3.33. The Morgan fingerprint density at radius 3 is 2.45 bits per heavy atom. The molecular weight excluding hydrogens is 396 g/mol. The molecule has 1 amide bonds. The molecule has 0 unspecified atom stereocenters. The third-order valence-corrected chi connectivity index (χ3v) is 5.44. The Labute approximate surface area is 167 Å². The lowest BCUT2D eigenvalue weighted by Crippen LogP contribution is -2.36. The van der Waals surface area contributed by atoms with Crippen LogP contribution in [0.2, 0.25) is 0 Å². The zero-order valence-electron chi connectivity index (χ0n) is 16.1. The average molecular weight is 416 g/mol. The van der Waals surface area contributed by atoms with Crippen LogP contribution >= 0.6 is 0 Å². The zero-order chi connectivity index (χ0) is 21.2. The van der Waals surface area contributed by atoms with Crippen LogP contribution in [0.1, 0.15) is 13.8 Å². The lowest BCUT2D eigenvalue weighted by molar-refractivity contribution is -0.105. The van der Waals surface area contributed by atoms with E-state index in [1.807, 2.05) is 6.07 Å². The lowest BCUT2D eigenvalue weighted by atomic mass is 10.1. The molecule has 0 spiro atoms. The van der Waals surface area contributed by atoms with Gasteiger partial charge in [-0.05, 0) is 32.0 Å². The number of fused-ring (bicyclic) bond motifs is 1. The molecule has 0 aliphatic heterocycles. The molecule has 8 nitrogen and oxygen atoms in total. The van der Waals surface area contributed by atoms with Gasteiger partial charge in [0.05, 0.1) is 17.3 Å². The van der Waals surface area contributed by atoms with Crippen LogP contribution in [0.4, 0.5) is 11.4 Å². The Hall–Kier alpha value is -3.33. The quantitative estimate of drug-likeness (QED) is 0.592. The third kappa shape index (κ3) is 4.24. The fraction of sp³-hybridized carbons (Fsp3) is 0.200. The second kappa shape index (κ2) is 7.96. The van der Waals surface area contributed by atoms with Gasteiger partial charge in [0.1, 0.15) is 23.3 Å². The molecule has 0 saturated carbocycles. The van der Waals surface area contributed by atoms with E-state index in [4.69, 9.17) is 9.15 Å². The number of rotatable bonds is 7. The van der Waals surface area contributed by atoms with Gasteiger partial charge in [-0.3, -0.25) is 13.9 Å². The minimum Gasteiger partial charge on any atom is -0.462 e. The summed E-state index contributed by atoms with van der Waals surface area (Å²) in [4.78, 5) is 23.4. The molecule has 0 fully saturated rings. The van der Waals surface area contributed by atoms with E-state index in [9.17, 15) is 18.0 Å². The van der Waals surface area contributed by atoms with Gasteiger partial charge in [0.2, 0.25) is 21.9 Å². The van der Waals surface area contributed by atoms with Gasteiger partial charge < -0.3 is 14.5 Å². The highest BCUT2D eigenvalue weighted by molar-refractivity contribution is 7.92. The monoisotopic (exact) mass is 416 g/mol. The molecule has 0 bridgehead atoms. The van der Waals surface area contributed by atoms with Gasteiger partial charge in [0, 0.05) is 12.1 Å². The third-order valence-electron chi connectivity index (χ3n) is 4.10.